The molecule has 0 aliphatic heterocycles. The van der Waals surface area contributed by atoms with Crippen molar-refractivity contribution in [3.05, 3.63) is 11.8 Å². The number of aliphatic hydroxyl groups is 1. The summed E-state index contributed by atoms with van der Waals surface area (Å²) in [5.74, 6) is -0.585. The van der Waals surface area contributed by atoms with Gasteiger partial charge in [-0.3, -0.25) is 4.79 Å². The van der Waals surface area contributed by atoms with Crippen molar-refractivity contribution in [3.63, 3.8) is 0 Å². The summed E-state index contributed by atoms with van der Waals surface area (Å²) in [4.78, 5) is 11.2. The van der Waals surface area contributed by atoms with E-state index in [0.717, 1.165) is 6.26 Å². The monoisotopic (exact) mass is 183 g/mol. The normalized spacial score (nSPS) is 13.2. The molecule has 4 heteroatoms. The van der Waals surface area contributed by atoms with E-state index >= 15 is 0 Å². The molecule has 13 heavy (non-hydrogen) atoms. The van der Waals surface area contributed by atoms with E-state index in [0.29, 0.717) is 13.0 Å². The summed E-state index contributed by atoms with van der Waals surface area (Å²) in [5.41, 5.74) is -0.142. The Bertz CT molecular complexity index is 240. The van der Waals surface area contributed by atoms with Crippen molar-refractivity contribution in [1.82, 2.24) is 0 Å². The van der Waals surface area contributed by atoms with E-state index in [4.69, 9.17) is 15.1 Å². The molecule has 0 aromatic carbocycles. The van der Waals surface area contributed by atoms with Crippen LogP contribution in [0.4, 0.5) is 0 Å². The number of carbonyl (C=O) groups is 1. The highest BCUT2D eigenvalue weighted by molar-refractivity contribution is 6.01. The van der Waals surface area contributed by atoms with Gasteiger partial charge in [-0.1, -0.05) is 6.92 Å². The smallest absolute Gasteiger partial charge is 0.204 e. The highest BCUT2D eigenvalue weighted by Crippen LogP contribution is 2.02. The van der Waals surface area contributed by atoms with E-state index in [1.54, 1.807) is 19.9 Å². The maximum Gasteiger partial charge on any atom is 0.204 e. The predicted molar refractivity (Wildman–Crippen MR) is 46.6 cm³/mol. The zero-order chi connectivity index (χ0) is 10.3. The Hall–Kier alpha value is -1.34. The molecule has 0 saturated heterocycles. The number of aliphatic hydroxyl groups excluding tert-OH is 1. The molecule has 0 bridgehead atoms. The molecule has 1 unspecified atom stereocenters. The minimum Gasteiger partial charge on any atom is -0.500 e. The van der Waals surface area contributed by atoms with E-state index < -0.39 is 11.9 Å². The van der Waals surface area contributed by atoms with Crippen molar-refractivity contribution in [2.24, 2.45) is 0 Å². The summed E-state index contributed by atoms with van der Waals surface area (Å²) in [5, 5.41) is 17.7. The number of rotatable bonds is 5. The van der Waals surface area contributed by atoms with Crippen molar-refractivity contribution in [1.29, 1.82) is 5.26 Å². The minimum absolute atomic E-state index is 0.142. The molecule has 0 amide bonds. The molecular weight excluding hydrogens is 170 g/mol. The summed E-state index contributed by atoms with van der Waals surface area (Å²) in [6.45, 7) is 3.80. The summed E-state index contributed by atoms with van der Waals surface area (Å²) >= 11 is 0. The maximum absolute atomic E-state index is 11.2. The van der Waals surface area contributed by atoms with Gasteiger partial charge in [-0.15, -0.1) is 0 Å². The Morgan fingerprint density at radius 1 is 1.69 bits per heavy atom. The average Bonchev–Trinajstić information content (AvgIpc) is 2.17. The molecule has 0 rings (SSSR count). The van der Waals surface area contributed by atoms with Crippen molar-refractivity contribution in [3.8, 4) is 6.07 Å². The molecule has 0 fully saturated rings. The van der Waals surface area contributed by atoms with Gasteiger partial charge >= 0.3 is 0 Å². The molecule has 0 radical (unpaired) electrons. The molecule has 0 aromatic heterocycles. The van der Waals surface area contributed by atoms with Gasteiger partial charge < -0.3 is 9.84 Å². The second-order valence-corrected chi connectivity index (χ2v) is 2.39. The molecule has 1 atom stereocenters. The molecule has 0 spiro atoms. The van der Waals surface area contributed by atoms with E-state index in [-0.39, 0.29) is 5.57 Å². The van der Waals surface area contributed by atoms with Gasteiger partial charge in [0.25, 0.3) is 0 Å². The Kier molecular flexibility index (Phi) is 5.57. The van der Waals surface area contributed by atoms with Crippen LogP contribution in [-0.2, 0) is 9.53 Å². The van der Waals surface area contributed by atoms with Crippen molar-refractivity contribution < 1.29 is 14.6 Å². The summed E-state index contributed by atoms with van der Waals surface area (Å²) in [6, 6.07) is 1.68. The Balaban J connectivity index is 4.43. The minimum atomic E-state index is -1.11. The number of nitrogens with zero attached hydrogens (tertiary/aromatic N) is 1. The van der Waals surface area contributed by atoms with Gasteiger partial charge in [0.15, 0.2) is 0 Å². The predicted octanol–water partition coefficient (Wildman–Crippen LogP) is 0.770. The second kappa shape index (κ2) is 6.21. The quantitative estimate of drug-likeness (QED) is 0.388. The van der Waals surface area contributed by atoms with E-state index in [9.17, 15) is 4.79 Å². The number of nitriles is 1. The fourth-order valence-electron chi connectivity index (χ4n) is 0.671. The van der Waals surface area contributed by atoms with Gasteiger partial charge in [-0.05, 0) is 13.3 Å². The number of Topliss-reactive ketones (excluding diaryl/α,β-unsaturated/α-hetero) is 1. The van der Waals surface area contributed by atoms with E-state index in [1.165, 1.54) is 0 Å². The van der Waals surface area contributed by atoms with Crippen LogP contribution in [-0.4, -0.2) is 23.6 Å². The standard InChI is InChI=1S/C9H13NO3/c1-3-8(11)9(12)7(5-10)6-13-4-2/h6,8,11H,3-4H2,1-2H3/b7-6+. The lowest BCUT2D eigenvalue weighted by atomic mass is 10.1. The number of hydrogen-bond donors (Lipinski definition) is 1. The Morgan fingerprint density at radius 3 is 2.69 bits per heavy atom. The largest absolute Gasteiger partial charge is 0.500 e. The van der Waals surface area contributed by atoms with Gasteiger partial charge in [-0.25, -0.2) is 0 Å². The van der Waals surface area contributed by atoms with Crippen LogP contribution in [0, 0.1) is 11.3 Å². The van der Waals surface area contributed by atoms with Crippen molar-refractivity contribution in [2.75, 3.05) is 6.61 Å². The summed E-state index contributed by atoms with van der Waals surface area (Å²) in [7, 11) is 0. The summed E-state index contributed by atoms with van der Waals surface area (Å²) in [6.07, 6.45) is 0.275. The van der Waals surface area contributed by atoms with Crippen LogP contribution >= 0.6 is 0 Å². The molecule has 0 aromatic rings. The van der Waals surface area contributed by atoms with Gasteiger partial charge in [0.05, 0.1) is 6.61 Å². The third kappa shape index (κ3) is 3.72. The number of hydrogen-bond acceptors (Lipinski definition) is 4. The fourth-order valence-corrected chi connectivity index (χ4v) is 0.671. The number of carbonyl (C=O) groups excluding carboxylic acids is 1. The highest BCUT2D eigenvalue weighted by Gasteiger charge is 2.17. The zero-order valence-corrected chi connectivity index (χ0v) is 7.78. The number of ether oxygens (including phenoxy) is 1. The average molecular weight is 183 g/mol. The fraction of sp³-hybridized carbons (Fsp3) is 0.556. The highest BCUT2D eigenvalue weighted by atomic mass is 16.5. The zero-order valence-electron chi connectivity index (χ0n) is 7.78. The third-order valence-electron chi connectivity index (χ3n) is 1.44. The van der Waals surface area contributed by atoms with Crippen LogP contribution < -0.4 is 0 Å². The van der Waals surface area contributed by atoms with Crippen LogP contribution in [0.2, 0.25) is 0 Å². The van der Waals surface area contributed by atoms with Crippen LogP contribution in [0.5, 0.6) is 0 Å². The lowest BCUT2D eigenvalue weighted by molar-refractivity contribution is -0.123. The van der Waals surface area contributed by atoms with Crippen LogP contribution in [0.1, 0.15) is 20.3 Å². The van der Waals surface area contributed by atoms with Gasteiger partial charge in [-0.2, -0.15) is 5.26 Å². The second-order valence-electron chi connectivity index (χ2n) is 2.39. The van der Waals surface area contributed by atoms with Crippen LogP contribution in [0.15, 0.2) is 11.8 Å². The lowest BCUT2D eigenvalue weighted by Gasteiger charge is -2.04. The van der Waals surface area contributed by atoms with Crippen LogP contribution in [0.3, 0.4) is 0 Å². The molecule has 1 N–H and O–H groups in total. The maximum atomic E-state index is 11.2. The molecule has 0 saturated carbocycles. The van der Waals surface area contributed by atoms with E-state index in [2.05, 4.69) is 0 Å². The molecule has 4 nitrogen and oxygen atoms in total. The Labute approximate surface area is 77.4 Å². The first-order valence-corrected chi connectivity index (χ1v) is 4.11. The molecule has 0 aliphatic carbocycles. The third-order valence-corrected chi connectivity index (χ3v) is 1.44. The van der Waals surface area contributed by atoms with Crippen LogP contribution in [0.25, 0.3) is 0 Å². The summed E-state index contributed by atoms with van der Waals surface area (Å²) < 4.78 is 4.79. The molecule has 0 heterocycles. The number of ketones is 1. The first-order chi connectivity index (χ1) is 6.17. The molecular formula is C9H13NO3. The SMILES string of the molecule is CCO/C=C(\C#N)C(=O)C(O)CC. The molecule has 72 valence electrons. The topological polar surface area (TPSA) is 70.3 Å². The van der Waals surface area contributed by atoms with Crippen molar-refractivity contribution in [2.45, 2.75) is 26.4 Å². The van der Waals surface area contributed by atoms with Gasteiger partial charge in [0.2, 0.25) is 5.78 Å². The molecule has 0 aliphatic rings. The van der Waals surface area contributed by atoms with E-state index in [1.807, 2.05) is 0 Å². The van der Waals surface area contributed by atoms with Gasteiger partial charge in [0.1, 0.15) is 24.0 Å². The first-order valence-electron chi connectivity index (χ1n) is 4.11. The first kappa shape index (κ1) is 11.7. The Morgan fingerprint density at radius 2 is 2.31 bits per heavy atom. The van der Waals surface area contributed by atoms with Crippen molar-refractivity contribution >= 4 is 5.78 Å². The van der Waals surface area contributed by atoms with Gasteiger partial charge in [0, 0.05) is 0 Å². The lowest BCUT2D eigenvalue weighted by Crippen LogP contribution is -2.20.